The van der Waals surface area contributed by atoms with Gasteiger partial charge in [0.05, 0.1) is 0 Å². The number of nitrogens with two attached hydrogens (primary N) is 1. The molecular formula is C9H16N2. The van der Waals surface area contributed by atoms with Crippen LogP contribution in [0.15, 0.2) is 35.7 Å². The molecule has 2 heteroatoms. The normalized spacial score (nSPS) is 13.0. The summed E-state index contributed by atoms with van der Waals surface area (Å²) in [6.07, 6.45) is 3.56. The summed E-state index contributed by atoms with van der Waals surface area (Å²) in [6.45, 7) is 7.76. The first kappa shape index (κ1) is 9.82. The molecule has 0 spiro atoms. The number of allylic oxidation sites excluding steroid dienone is 3. The minimum absolute atomic E-state index is 0.922. The van der Waals surface area contributed by atoms with Crippen molar-refractivity contribution in [1.29, 1.82) is 0 Å². The first-order chi connectivity index (χ1) is 5.11. The van der Waals surface area contributed by atoms with E-state index in [9.17, 15) is 0 Å². The molecule has 0 aliphatic carbocycles. The molecule has 0 unspecified atom stereocenters. The van der Waals surface area contributed by atoms with Crippen LogP contribution < -0.4 is 11.1 Å². The predicted molar refractivity (Wildman–Crippen MR) is 49.9 cm³/mol. The van der Waals surface area contributed by atoms with Crippen molar-refractivity contribution in [3.63, 3.8) is 0 Å². The van der Waals surface area contributed by atoms with E-state index in [0.717, 1.165) is 16.8 Å². The van der Waals surface area contributed by atoms with Crippen molar-refractivity contribution >= 4 is 0 Å². The maximum atomic E-state index is 5.31. The second kappa shape index (κ2) is 4.61. The molecule has 2 nitrogen and oxygen atoms in total. The lowest BCUT2D eigenvalue weighted by Crippen LogP contribution is -2.05. The van der Waals surface area contributed by atoms with Gasteiger partial charge in [0.15, 0.2) is 0 Å². The fourth-order valence-electron chi connectivity index (χ4n) is 0.674. The summed E-state index contributed by atoms with van der Waals surface area (Å²) >= 11 is 0. The highest BCUT2D eigenvalue weighted by Crippen LogP contribution is 2.05. The van der Waals surface area contributed by atoms with E-state index in [2.05, 4.69) is 11.9 Å². The van der Waals surface area contributed by atoms with E-state index < -0.39 is 0 Å². The Bertz CT molecular complexity index is 200. The number of hydrogen-bond donors (Lipinski definition) is 2. The highest BCUT2D eigenvalue weighted by Gasteiger charge is 1.91. The second-order valence-corrected chi connectivity index (χ2v) is 2.47. The van der Waals surface area contributed by atoms with Gasteiger partial charge < -0.3 is 11.1 Å². The van der Waals surface area contributed by atoms with Gasteiger partial charge in [-0.25, -0.2) is 0 Å². The van der Waals surface area contributed by atoms with Crippen LogP contribution in [0.25, 0.3) is 0 Å². The van der Waals surface area contributed by atoms with E-state index in [0.29, 0.717) is 0 Å². The van der Waals surface area contributed by atoms with Gasteiger partial charge in [-0.3, -0.25) is 0 Å². The van der Waals surface area contributed by atoms with Gasteiger partial charge >= 0.3 is 0 Å². The monoisotopic (exact) mass is 152 g/mol. The zero-order valence-electron chi connectivity index (χ0n) is 7.44. The first-order valence-corrected chi connectivity index (χ1v) is 3.55. The summed E-state index contributed by atoms with van der Waals surface area (Å²) in [6, 6.07) is 0. The van der Waals surface area contributed by atoms with Crippen LogP contribution in [-0.2, 0) is 0 Å². The maximum absolute atomic E-state index is 5.31. The molecule has 0 aliphatic heterocycles. The van der Waals surface area contributed by atoms with E-state index in [-0.39, 0.29) is 0 Å². The quantitative estimate of drug-likeness (QED) is 0.602. The van der Waals surface area contributed by atoms with E-state index in [4.69, 9.17) is 5.73 Å². The van der Waals surface area contributed by atoms with Crippen molar-refractivity contribution in [3.05, 3.63) is 35.7 Å². The second-order valence-electron chi connectivity index (χ2n) is 2.47. The van der Waals surface area contributed by atoms with Crippen molar-refractivity contribution in [2.75, 3.05) is 7.05 Å². The Labute approximate surface area is 68.5 Å². The maximum Gasteiger partial charge on any atom is 0.0294 e. The fraction of sp³-hybridized carbons (Fsp3) is 0.333. The Morgan fingerprint density at radius 2 is 2.00 bits per heavy atom. The van der Waals surface area contributed by atoms with Crippen LogP contribution in [0.5, 0.6) is 0 Å². The van der Waals surface area contributed by atoms with Crippen LogP contribution in [0, 0.1) is 0 Å². The molecule has 11 heavy (non-hydrogen) atoms. The summed E-state index contributed by atoms with van der Waals surface area (Å²) in [4.78, 5) is 0. The molecule has 0 saturated carbocycles. The van der Waals surface area contributed by atoms with E-state index in [1.165, 1.54) is 0 Å². The molecule has 0 saturated heterocycles. The molecule has 0 fully saturated rings. The topological polar surface area (TPSA) is 38.0 Å². The van der Waals surface area contributed by atoms with Gasteiger partial charge in [0.25, 0.3) is 0 Å². The van der Waals surface area contributed by atoms with Crippen LogP contribution in [0.3, 0.4) is 0 Å². The van der Waals surface area contributed by atoms with Gasteiger partial charge in [0.2, 0.25) is 0 Å². The van der Waals surface area contributed by atoms with Crippen molar-refractivity contribution < 1.29 is 0 Å². The minimum Gasteiger partial charge on any atom is -0.404 e. The number of likely N-dealkylation sites (N-methyl/N-ethyl adjacent to an activating group) is 1. The average molecular weight is 152 g/mol. The van der Waals surface area contributed by atoms with E-state index in [1.807, 2.05) is 27.0 Å². The Morgan fingerprint density at radius 3 is 2.36 bits per heavy atom. The highest BCUT2D eigenvalue weighted by atomic mass is 14.8. The van der Waals surface area contributed by atoms with Gasteiger partial charge in [-0.15, -0.1) is 0 Å². The average Bonchev–Trinajstić information content (AvgIpc) is 2.02. The lowest BCUT2D eigenvalue weighted by molar-refractivity contribution is 1.00. The molecule has 0 aromatic heterocycles. The van der Waals surface area contributed by atoms with Crippen molar-refractivity contribution in [3.8, 4) is 0 Å². The van der Waals surface area contributed by atoms with Crippen molar-refractivity contribution in [1.82, 2.24) is 5.32 Å². The molecule has 0 rings (SSSR count). The first-order valence-electron chi connectivity index (χ1n) is 3.55. The number of rotatable bonds is 3. The Balaban J connectivity index is 4.34. The molecule has 62 valence electrons. The molecule has 0 heterocycles. The molecule has 0 aromatic carbocycles. The summed E-state index contributed by atoms with van der Waals surface area (Å²) in [5, 5.41) is 2.96. The fourth-order valence-corrected chi connectivity index (χ4v) is 0.674. The third-order valence-electron chi connectivity index (χ3n) is 1.48. The SMILES string of the molecule is C=C(NC)/C(C)=C\C(C)=C/N. The van der Waals surface area contributed by atoms with E-state index in [1.54, 1.807) is 6.20 Å². The predicted octanol–water partition coefficient (Wildman–Crippen LogP) is 1.53. The summed E-state index contributed by atoms with van der Waals surface area (Å²) in [5.74, 6) is 0. The Morgan fingerprint density at radius 1 is 1.45 bits per heavy atom. The van der Waals surface area contributed by atoms with Gasteiger partial charge in [-0.2, -0.15) is 0 Å². The lowest BCUT2D eigenvalue weighted by Gasteiger charge is -2.03. The third-order valence-corrected chi connectivity index (χ3v) is 1.48. The number of hydrogen-bond acceptors (Lipinski definition) is 2. The zero-order chi connectivity index (χ0) is 8.85. The van der Waals surface area contributed by atoms with Crippen LogP contribution in [0.4, 0.5) is 0 Å². The standard InChI is InChI=1S/C9H16N2/c1-7(6-10)5-8(2)9(3)11-4/h5-6,11H,3,10H2,1-2,4H3/b7-6-,8-5-. The van der Waals surface area contributed by atoms with Crippen LogP contribution >= 0.6 is 0 Å². The lowest BCUT2D eigenvalue weighted by atomic mass is 10.1. The molecule has 0 aromatic rings. The summed E-state index contributed by atoms with van der Waals surface area (Å²) in [5.41, 5.74) is 8.37. The Hall–Kier alpha value is -1.18. The molecule has 0 atom stereocenters. The van der Waals surface area contributed by atoms with Crippen LogP contribution in [0.2, 0.25) is 0 Å². The number of nitrogens with one attached hydrogen (secondary N) is 1. The van der Waals surface area contributed by atoms with Crippen molar-refractivity contribution in [2.45, 2.75) is 13.8 Å². The summed E-state index contributed by atoms with van der Waals surface area (Å²) in [7, 11) is 1.85. The molecular weight excluding hydrogens is 136 g/mol. The largest absolute Gasteiger partial charge is 0.404 e. The van der Waals surface area contributed by atoms with Crippen LogP contribution in [-0.4, -0.2) is 7.05 Å². The van der Waals surface area contributed by atoms with Crippen LogP contribution in [0.1, 0.15) is 13.8 Å². The minimum atomic E-state index is 0.922. The zero-order valence-corrected chi connectivity index (χ0v) is 7.44. The molecule has 0 amide bonds. The van der Waals surface area contributed by atoms with Gasteiger partial charge in [-0.05, 0) is 31.2 Å². The molecule has 3 N–H and O–H groups in total. The summed E-state index contributed by atoms with van der Waals surface area (Å²) < 4.78 is 0. The smallest absolute Gasteiger partial charge is 0.0294 e. The van der Waals surface area contributed by atoms with Gasteiger partial charge in [0, 0.05) is 12.7 Å². The van der Waals surface area contributed by atoms with Crippen molar-refractivity contribution in [2.24, 2.45) is 5.73 Å². The van der Waals surface area contributed by atoms with Gasteiger partial charge in [-0.1, -0.05) is 12.7 Å². The molecule has 0 aliphatic rings. The Kier molecular flexibility index (Phi) is 4.11. The molecule has 0 radical (unpaired) electrons. The third kappa shape index (κ3) is 3.50. The molecule has 0 bridgehead atoms. The van der Waals surface area contributed by atoms with Gasteiger partial charge in [0.1, 0.15) is 0 Å². The van der Waals surface area contributed by atoms with E-state index >= 15 is 0 Å². The highest BCUT2D eigenvalue weighted by molar-refractivity contribution is 5.31.